The van der Waals surface area contributed by atoms with Gasteiger partial charge in [0.15, 0.2) is 23.3 Å². The smallest absolute Gasteiger partial charge is 0.302 e. The van der Waals surface area contributed by atoms with Crippen LogP contribution in [0.1, 0.15) is 0 Å². The lowest BCUT2D eigenvalue weighted by atomic mass is 10.3. The van der Waals surface area contributed by atoms with Crippen LogP contribution in [0.5, 0.6) is 0 Å². The number of halogens is 5. The van der Waals surface area contributed by atoms with Crippen LogP contribution in [0.15, 0.2) is 4.90 Å². The molecule has 0 spiro atoms. The largest absolute Gasteiger partial charge is 0.477 e. The summed E-state index contributed by atoms with van der Waals surface area (Å²) in [5.74, 6) is -11.9. The molecule has 0 fully saturated rings. The summed E-state index contributed by atoms with van der Waals surface area (Å²) in [4.78, 5) is 15.2. The summed E-state index contributed by atoms with van der Waals surface area (Å²) >= 11 is 2.18. The van der Waals surface area contributed by atoms with Crippen LogP contribution in [-0.2, 0) is 17.4 Å². The van der Waals surface area contributed by atoms with Crippen LogP contribution in [-0.4, -0.2) is 9.79 Å². The molecule has 0 aliphatic carbocycles. The first kappa shape index (κ1) is 18.9. The Morgan fingerprint density at radius 3 is 1.62 bits per heavy atom. The van der Waals surface area contributed by atoms with Crippen molar-refractivity contribution in [3.63, 3.8) is 0 Å². The van der Waals surface area contributed by atoms with E-state index < -0.39 is 60.0 Å². The molecule has 6 nitrogen and oxygen atoms in total. The van der Waals surface area contributed by atoms with Crippen LogP contribution >= 0.6 is 38.9 Å². The molecule has 1 unspecified atom stereocenters. The molecule has 0 saturated heterocycles. The molecule has 1 aromatic rings. The molecule has 1 aromatic carbocycles. The van der Waals surface area contributed by atoms with E-state index in [9.17, 15) is 31.1 Å². The lowest BCUT2D eigenvalue weighted by Crippen LogP contribution is -2.03. The van der Waals surface area contributed by atoms with E-state index in [1.54, 1.807) is 0 Å². The van der Waals surface area contributed by atoms with Crippen LogP contribution in [0.3, 0.4) is 0 Å². The maximum absolute atomic E-state index is 13.3. The third-order valence-electron chi connectivity index (χ3n) is 1.68. The Morgan fingerprint density at radius 2 is 1.29 bits per heavy atom. The van der Waals surface area contributed by atoms with Crippen LogP contribution in [0.4, 0.5) is 22.0 Å². The van der Waals surface area contributed by atoms with Gasteiger partial charge in [-0.2, -0.15) is 4.31 Å². The lowest BCUT2D eigenvalue weighted by molar-refractivity contribution is 0.275. The molecule has 0 amide bonds. The molecule has 1 rings (SSSR count). The fourth-order valence-corrected chi connectivity index (χ4v) is 5.75. The van der Waals surface area contributed by atoms with E-state index in [0.717, 1.165) is 0 Å². The van der Waals surface area contributed by atoms with Crippen molar-refractivity contribution in [2.75, 3.05) is 0 Å². The molecule has 0 bridgehead atoms. The molecule has 0 saturated carbocycles. The maximum atomic E-state index is 13.3. The fourth-order valence-electron chi connectivity index (χ4n) is 0.955. The standard InChI is InChI=1S/C6H3F5O6P2S2/c7-1-2(8)4(10)6(5(11)3(1)9)21-19(15,17-20)16-18(12,13)14/h20H,(H2,12,13,14). The summed E-state index contributed by atoms with van der Waals surface area (Å²) in [6, 6.07) is 0. The predicted octanol–water partition coefficient (Wildman–Crippen LogP) is 3.55. The van der Waals surface area contributed by atoms with Gasteiger partial charge in [0.25, 0.3) is 0 Å². The second kappa shape index (κ2) is 6.55. The van der Waals surface area contributed by atoms with Gasteiger partial charge in [0, 0.05) is 11.4 Å². The van der Waals surface area contributed by atoms with Gasteiger partial charge >= 0.3 is 14.6 Å². The number of hydrogen-bond donors (Lipinski definition) is 3. The molecular weight excluding hydrogens is 389 g/mol. The average Bonchev–Trinajstić information content (AvgIpc) is 2.37. The minimum atomic E-state index is -5.47. The molecule has 21 heavy (non-hydrogen) atoms. The van der Waals surface area contributed by atoms with Crippen molar-refractivity contribution in [3.8, 4) is 0 Å². The number of phosphoric acid groups is 1. The number of benzene rings is 1. The highest BCUT2D eigenvalue weighted by Gasteiger charge is 2.39. The molecule has 2 N–H and O–H groups in total. The van der Waals surface area contributed by atoms with Crippen LogP contribution in [0.25, 0.3) is 0 Å². The van der Waals surface area contributed by atoms with E-state index in [-0.39, 0.29) is 0 Å². The Hall–Kier alpha value is -0.130. The average molecular weight is 392 g/mol. The predicted molar refractivity (Wildman–Crippen MR) is 62.9 cm³/mol. The number of thiol groups is 1. The van der Waals surface area contributed by atoms with Gasteiger partial charge in [-0.05, 0) is 12.9 Å². The normalized spacial score (nSPS) is 15.0. The summed E-state index contributed by atoms with van der Waals surface area (Å²) < 4.78 is 94.8. The van der Waals surface area contributed by atoms with Crippen molar-refractivity contribution >= 4 is 38.9 Å². The number of rotatable bonds is 5. The molecular formula is C6H3F5O6P2S2. The summed E-state index contributed by atoms with van der Waals surface area (Å²) in [7, 11) is -5.47. The van der Waals surface area contributed by atoms with Gasteiger partial charge in [-0.1, -0.05) is 0 Å². The summed E-state index contributed by atoms with van der Waals surface area (Å²) in [6.45, 7) is -5.07. The van der Waals surface area contributed by atoms with E-state index in [2.05, 4.69) is 21.2 Å². The van der Waals surface area contributed by atoms with Gasteiger partial charge in [0.05, 0.1) is 4.90 Å². The van der Waals surface area contributed by atoms with Crippen LogP contribution in [0.2, 0.25) is 0 Å². The highest BCUT2D eigenvalue weighted by molar-refractivity contribution is 8.56. The van der Waals surface area contributed by atoms with Crippen LogP contribution in [0, 0.1) is 29.1 Å². The first-order valence-electron chi connectivity index (χ1n) is 4.33. The molecule has 0 aromatic heterocycles. The summed E-state index contributed by atoms with van der Waals surface area (Å²) in [6.07, 6.45) is 0. The molecule has 0 heterocycles. The number of hydrogen-bond acceptors (Lipinski definition) is 6. The van der Waals surface area contributed by atoms with E-state index >= 15 is 0 Å². The zero-order chi connectivity index (χ0) is 16.6. The topological polar surface area (TPSA) is 93.1 Å². The summed E-state index contributed by atoms with van der Waals surface area (Å²) in [5.41, 5.74) is 0. The van der Waals surface area contributed by atoms with Crippen molar-refractivity contribution in [1.29, 1.82) is 0 Å². The third kappa shape index (κ3) is 4.42. The second-order valence-corrected chi connectivity index (χ2v) is 8.75. The van der Waals surface area contributed by atoms with Gasteiger partial charge in [-0.25, -0.2) is 35.1 Å². The van der Waals surface area contributed by atoms with Gasteiger partial charge < -0.3 is 9.79 Å². The Labute approximate surface area is 122 Å². The Bertz CT molecular complexity index is 637. The first-order chi connectivity index (χ1) is 9.42. The maximum Gasteiger partial charge on any atom is 0.477 e. The zero-order valence-electron chi connectivity index (χ0n) is 9.17. The molecule has 0 radical (unpaired) electrons. The SMILES string of the molecule is O=P(O)(O)OP(=O)(OS)Sc1c(F)c(F)c(F)c(F)c1F. The van der Waals surface area contributed by atoms with Crippen molar-refractivity contribution in [2.24, 2.45) is 0 Å². The molecule has 0 aliphatic heterocycles. The summed E-state index contributed by atoms with van der Waals surface area (Å²) in [5, 5.41) is 0. The Morgan fingerprint density at radius 1 is 0.905 bits per heavy atom. The van der Waals surface area contributed by atoms with E-state index in [4.69, 9.17) is 9.79 Å². The van der Waals surface area contributed by atoms with Gasteiger partial charge in [-0.3, -0.25) is 0 Å². The van der Waals surface area contributed by atoms with E-state index in [0.29, 0.717) is 0 Å². The monoisotopic (exact) mass is 392 g/mol. The highest BCUT2D eigenvalue weighted by Crippen LogP contribution is 2.71. The Balaban J connectivity index is 3.36. The van der Waals surface area contributed by atoms with Gasteiger partial charge in [0.1, 0.15) is 0 Å². The fraction of sp³-hybridized carbons (Fsp3) is 0. The van der Waals surface area contributed by atoms with Crippen molar-refractivity contribution in [3.05, 3.63) is 29.1 Å². The minimum Gasteiger partial charge on any atom is -0.302 e. The zero-order valence-corrected chi connectivity index (χ0v) is 12.7. The molecule has 0 aliphatic rings. The van der Waals surface area contributed by atoms with Crippen molar-refractivity contribution in [2.45, 2.75) is 4.90 Å². The third-order valence-corrected chi connectivity index (χ3v) is 7.31. The van der Waals surface area contributed by atoms with Crippen LogP contribution < -0.4 is 0 Å². The quantitative estimate of drug-likeness (QED) is 0.176. The van der Waals surface area contributed by atoms with Crippen molar-refractivity contribution < 1.29 is 49.1 Å². The Kier molecular flexibility index (Phi) is 5.90. The minimum absolute atomic E-state index is 0.746. The molecule has 15 heteroatoms. The first-order valence-corrected chi connectivity index (χ1v) is 9.19. The van der Waals surface area contributed by atoms with Crippen molar-refractivity contribution in [1.82, 2.24) is 0 Å². The van der Waals surface area contributed by atoms with E-state index in [1.807, 2.05) is 0 Å². The molecule has 120 valence electrons. The lowest BCUT2D eigenvalue weighted by Gasteiger charge is -2.15. The van der Waals surface area contributed by atoms with Gasteiger partial charge in [0.2, 0.25) is 5.82 Å². The van der Waals surface area contributed by atoms with Gasteiger partial charge in [-0.15, -0.1) is 0 Å². The second-order valence-electron chi connectivity index (χ2n) is 3.09. The molecule has 1 atom stereocenters. The van der Waals surface area contributed by atoms with E-state index in [1.165, 1.54) is 0 Å². The highest BCUT2D eigenvalue weighted by atomic mass is 32.7.